The molecule has 2 N–H and O–H groups in total. The molecule has 2 heterocycles. The Bertz CT molecular complexity index is 1090. The van der Waals surface area contributed by atoms with E-state index in [1.54, 1.807) is 26.0 Å². The van der Waals surface area contributed by atoms with Crippen molar-refractivity contribution in [1.82, 2.24) is 15.2 Å². The Kier molecular flexibility index (Phi) is 4.30. The zero-order valence-electron chi connectivity index (χ0n) is 15.5. The highest BCUT2D eigenvalue weighted by Gasteiger charge is 2.31. The van der Waals surface area contributed by atoms with Crippen LogP contribution in [0.25, 0.3) is 11.5 Å². The molecule has 1 aliphatic rings. The predicted molar refractivity (Wildman–Crippen MR) is 102 cm³/mol. The fourth-order valence-corrected chi connectivity index (χ4v) is 4.92. The van der Waals surface area contributed by atoms with Gasteiger partial charge in [-0.05, 0) is 51.3 Å². The summed E-state index contributed by atoms with van der Waals surface area (Å²) in [6.45, 7) is 5.45. The average Bonchev–Trinajstić information content (AvgIpc) is 3.09. The first-order valence-corrected chi connectivity index (χ1v) is 10.5. The number of anilines is 1. The summed E-state index contributed by atoms with van der Waals surface area (Å²) in [5, 5.41) is 8.27. The van der Waals surface area contributed by atoms with Crippen molar-refractivity contribution >= 4 is 15.7 Å². The van der Waals surface area contributed by atoms with E-state index in [0.717, 1.165) is 24.8 Å². The van der Waals surface area contributed by atoms with Gasteiger partial charge in [-0.3, -0.25) is 4.72 Å². The maximum Gasteiger partial charge on any atom is 0.264 e. The SMILES string of the molecule is Cc1cccc(NS(=O)(=O)c2c(C)[nH]c(C)c2-c2nnc(C3CCC3)o2)c1. The van der Waals surface area contributed by atoms with Crippen LogP contribution in [0.15, 0.2) is 33.6 Å². The number of hydrogen-bond acceptors (Lipinski definition) is 5. The maximum atomic E-state index is 13.1. The van der Waals surface area contributed by atoms with Crippen LogP contribution in [0.5, 0.6) is 0 Å². The second kappa shape index (κ2) is 6.53. The summed E-state index contributed by atoms with van der Waals surface area (Å²) in [6.07, 6.45) is 3.23. The molecule has 142 valence electrons. The van der Waals surface area contributed by atoms with E-state index in [4.69, 9.17) is 4.42 Å². The largest absolute Gasteiger partial charge is 0.420 e. The van der Waals surface area contributed by atoms with Gasteiger partial charge in [-0.2, -0.15) is 0 Å². The lowest BCUT2D eigenvalue weighted by Gasteiger charge is -2.20. The Labute approximate surface area is 158 Å². The first-order valence-electron chi connectivity index (χ1n) is 8.97. The zero-order chi connectivity index (χ0) is 19.2. The van der Waals surface area contributed by atoms with E-state index < -0.39 is 10.0 Å². The fraction of sp³-hybridized carbons (Fsp3) is 0.368. The van der Waals surface area contributed by atoms with E-state index in [9.17, 15) is 8.42 Å². The van der Waals surface area contributed by atoms with Crippen LogP contribution >= 0.6 is 0 Å². The predicted octanol–water partition coefficient (Wildman–Crippen LogP) is 4.06. The van der Waals surface area contributed by atoms with Crippen LogP contribution in [0.3, 0.4) is 0 Å². The third-order valence-corrected chi connectivity index (χ3v) is 6.52. The highest BCUT2D eigenvalue weighted by molar-refractivity contribution is 7.93. The molecule has 0 bridgehead atoms. The van der Waals surface area contributed by atoms with Gasteiger partial charge in [-0.25, -0.2) is 8.42 Å². The minimum atomic E-state index is -3.83. The van der Waals surface area contributed by atoms with E-state index in [1.165, 1.54) is 0 Å². The standard InChI is InChI=1S/C19H22N4O3S/c1-11-6-4-9-15(10-11)23-27(24,25)17-13(3)20-12(2)16(17)19-22-21-18(26-19)14-7-5-8-14/h4,6,9-10,14,20,23H,5,7-8H2,1-3H3. The lowest BCUT2D eigenvalue weighted by molar-refractivity contribution is 0.338. The van der Waals surface area contributed by atoms with Crippen LogP contribution in [0.2, 0.25) is 0 Å². The Morgan fingerprint density at radius 2 is 1.93 bits per heavy atom. The summed E-state index contributed by atoms with van der Waals surface area (Å²) in [4.78, 5) is 3.24. The van der Waals surface area contributed by atoms with Crippen LogP contribution in [-0.2, 0) is 10.0 Å². The molecule has 27 heavy (non-hydrogen) atoms. The molecule has 1 fully saturated rings. The van der Waals surface area contributed by atoms with Crippen molar-refractivity contribution in [2.75, 3.05) is 4.72 Å². The first kappa shape index (κ1) is 17.8. The fourth-order valence-electron chi connectivity index (χ4n) is 3.42. The number of aryl methyl sites for hydroxylation is 3. The summed E-state index contributed by atoms with van der Waals surface area (Å²) in [5.41, 5.74) is 3.14. The van der Waals surface area contributed by atoms with Gasteiger partial charge in [0.05, 0.1) is 5.56 Å². The van der Waals surface area contributed by atoms with E-state index in [2.05, 4.69) is 19.9 Å². The Morgan fingerprint density at radius 1 is 1.15 bits per heavy atom. The van der Waals surface area contributed by atoms with Crippen LogP contribution in [0, 0.1) is 20.8 Å². The summed E-state index contributed by atoms with van der Waals surface area (Å²) in [7, 11) is -3.83. The monoisotopic (exact) mass is 386 g/mol. The second-order valence-corrected chi connectivity index (χ2v) is 8.75. The van der Waals surface area contributed by atoms with Crippen molar-refractivity contribution in [2.24, 2.45) is 0 Å². The zero-order valence-corrected chi connectivity index (χ0v) is 16.4. The summed E-state index contributed by atoms with van der Waals surface area (Å²) in [5.74, 6) is 1.12. The number of aromatic amines is 1. The number of H-pyrrole nitrogens is 1. The Morgan fingerprint density at radius 3 is 2.59 bits per heavy atom. The van der Waals surface area contributed by atoms with Crippen LogP contribution in [-0.4, -0.2) is 23.6 Å². The molecule has 1 aliphatic carbocycles. The number of nitrogens with one attached hydrogen (secondary N) is 2. The molecular formula is C19H22N4O3S. The van der Waals surface area contributed by atoms with Crippen molar-refractivity contribution in [3.63, 3.8) is 0 Å². The van der Waals surface area contributed by atoms with Crippen LogP contribution in [0.4, 0.5) is 5.69 Å². The van der Waals surface area contributed by atoms with Gasteiger partial charge in [-0.15, -0.1) is 10.2 Å². The molecule has 0 amide bonds. The molecular weight excluding hydrogens is 364 g/mol. The molecule has 1 aromatic carbocycles. The van der Waals surface area contributed by atoms with Crippen LogP contribution < -0.4 is 4.72 Å². The smallest absolute Gasteiger partial charge is 0.264 e. The quantitative estimate of drug-likeness (QED) is 0.689. The van der Waals surface area contributed by atoms with E-state index in [0.29, 0.717) is 28.5 Å². The molecule has 0 unspecified atom stereocenters. The minimum Gasteiger partial charge on any atom is -0.420 e. The van der Waals surface area contributed by atoms with E-state index in [-0.39, 0.29) is 16.7 Å². The number of rotatable bonds is 5. The van der Waals surface area contributed by atoms with Gasteiger partial charge in [0.25, 0.3) is 15.9 Å². The Hall–Kier alpha value is -2.61. The molecule has 7 nitrogen and oxygen atoms in total. The molecule has 8 heteroatoms. The van der Waals surface area contributed by atoms with E-state index in [1.807, 2.05) is 19.1 Å². The van der Waals surface area contributed by atoms with Crippen LogP contribution in [0.1, 0.15) is 48.0 Å². The number of sulfonamides is 1. The molecule has 0 radical (unpaired) electrons. The van der Waals surface area contributed by atoms with Gasteiger partial charge in [0.2, 0.25) is 5.89 Å². The molecule has 4 rings (SSSR count). The van der Waals surface area contributed by atoms with Gasteiger partial charge >= 0.3 is 0 Å². The second-order valence-electron chi connectivity index (χ2n) is 7.13. The summed E-state index contributed by atoms with van der Waals surface area (Å²) >= 11 is 0. The Balaban J connectivity index is 1.75. The maximum absolute atomic E-state index is 13.1. The minimum absolute atomic E-state index is 0.144. The third kappa shape index (κ3) is 3.25. The van der Waals surface area contributed by atoms with Crippen molar-refractivity contribution in [2.45, 2.75) is 50.8 Å². The third-order valence-electron chi connectivity index (χ3n) is 4.97. The van der Waals surface area contributed by atoms with Gasteiger partial charge in [0, 0.05) is 23.0 Å². The van der Waals surface area contributed by atoms with Crippen molar-refractivity contribution in [3.05, 3.63) is 47.1 Å². The summed E-state index contributed by atoms with van der Waals surface area (Å²) in [6, 6.07) is 7.23. The van der Waals surface area contributed by atoms with Gasteiger partial charge in [0.15, 0.2) is 0 Å². The lowest BCUT2D eigenvalue weighted by Crippen LogP contribution is -2.14. The molecule has 1 saturated carbocycles. The molecule has 2 aromatic heterocycles. The van der Waals surface area contributed by atoms with Gasteiger partial charge < -0.3 is 9.40 Å². The summed E-state index contributed by atoms with van der Waals surface area (Å²) < 4.78 is 34.7. The number of aromatic nitrogens is 3. The number of hydrogen-bond donors (Lipinski definition) is 2. The average molecular weight is 386 g/mol. The molecule has 0 atom stereocenters. The van der Waals surface area contributed by atoms with Crippen molar-refractivity contribution in [1.29, 1.82) is 0 Å². The van der Waals surface area contributed by atoms with Gasteiger partial charge in [-0.1, -0.05) is 18.6 Å². The molecule has 0 spiro atoms. The molecule has 3 aromatic rings. The molecule has 0 saturated heterocycles. The van der Waals surface area contributed by atoms with Crippen molar-refractivity contribution in [3.8, 4) is 11.5 Å². The van der Waals surface area contributed by atoms with E-state index >= 15 is 0 Å². The number of nitrogens with zero attached hydrogens (tertiary/aromatic N) is 2. The first-order chi connectivity index (χ1) is 12.8. The normalized spacial score (nSPS) is 14.9. The highest BCUT2D eigenvalue weighted by Crippen LogP contribution is 2.39. The number of benzene rings is 1. The highest BCUT2D eigenvalue weighted by atomic mass is 32.2. The topological polar surface area (TPSA) is 101 Å². The lowest BCUT2D eigenvalue weighted by atomic mass is 9.85. The van der Waals surface area contributed by atoms with Gasteiger partial charge in [0.1, 0.15) is 4.90 Å². The molecule has 0 aliphatic heterocycles. The van der Waals surface area contributed by atoms with Crippen molar-refractivity contribution < 1.29 is 12.8 Å².